The first kappa shape index (κ1) is 15.0. The molecular formula is C10H12BrF3N2O2. The zero-order chi connectivity index (χ0) is 13.8. The second-order valence-corrected chi connectivity index (χ2v) is 4.49. The summed E-state index contributed by atoms with van der Waals surface area (Å²) in [6.07, 6.45) is -1.99. The third-order valence-electron chi connectivity index (χ3n) is 1.96. The predicted molar refractivity (Wildman–Crippen MR) is 61.9 cm³/mol. The molecule has 0 aromatic carbocycles. The third-order valence-corrected chi connectivity index (χ3v) is 2.39. The van der Waals surface area contributed by atoms with Gasteiger partial charge in [-0.15, -0.1) is 0 Å². The van der Waals surface area contributed by atoms with E-state index in [9.17, 15) is 18.0 Å². The van der Waals surface area contributed by atoms with E-state index in [0.29, 0.717) is 11.0 Å². The number of alkyl halides is 3. The fourth-order valence-corrected chi connectivity index (χ4v) is 1.79. The van der Waals surface area contributed by atoms with Gasteiger partial charge in [0.1, 0.15) is 5.69 Å². The van der Waals surface area contributed by atoms with Crippen molar-refractivity contribution in [2.75, 3.05) is 6.61 Å². The standard InChI is InChI=1S/C10H12BrF3N2O2/c1-2-3-16-5-7(11)4-8(16)9(17)15-18-6-10(12,13)14/h4-5H,2-3,6H2,1H3,(H,15,17). The highest BCUT2D eigenvalue weighted by Crippen LogP contribution is 2.16. The van der Waals surface area contributed by atoms with Crippen LogP contribution < -0.4 is 5.48 Å². The summed E-state index contributed by atoms with van der Waals surface area (Å²) in [6.45, 7) is 0.998. The molecule has 0 saturated carbocycles. The Bertz CT molecular complexity index is 418. The number of nitrogens with one attached hydrogen (secondary N) is 1. The molecule has 1 aromatic heterocycles. The van der Waals surface area contributed by atoms with Crippen LogP contribution in [0.15, 0.2) is 16.7 Å². The molecule has 0 saturated heterocycles. The van der Waals surface area contributed by atoms with Gasteiger partial charge in [0, 0.05) is 17.2 Å². The van der Waals surface area contributed by atoms with Crippen LogP contribution in [0.5, 0.6) is 0 Å². The van der Waals surface area contributed by atoms with Crippen molar-refractivity contribution in [2.24, 2.45) is 0 Å². The van der Waals surface area contributed by atoms with Gasteiger partial charge in [0.15, 0.2) is 6.61 Å². The molecular weight excluding hydrogens is 317 g/mol. The zero-order valence-electron chi connectivity index (χ0n) is 9.55. The molecule has 4 nitrogen and oxygen atoms in total. The quantitative estimate of drug-likeness (QED) is 0.844. The summed E-state index contributed by atoms with van der Waals surface area (Å²) in [6, 6.07) is 1.52. The molecule has 1 aromatic rings. The lowest BCUT2D eigenvalue weighted by molar-refractivity contribution is -0.184. The molecule has 1 amide bonds. The van der Waals surface area contributed by atoms with Crippen molar-refractivity contribution in [1.29, 1.82) is 0 Å². The lowest BCUT2D eigenvalue weighted by Gasteiger charge is -2.10. The Labute approximate surface area is 110 Å². The summed E-state index contributed by atoms with van der Waals surface area (Å²) in [4.78, 5) is 15.7. The number of aryl methyl sites for hydroxylation is 1. The minimum absolute atomic E-state index is 0.242. The molecule has 102 valence electrons. The van der Waals surface area contributed by atoms with Gasteiger partial charge in [-0.3, -0.25) is 9.63 Å². The molecule has 0 aliphatic carbocycles. The van der Waals surface area contributed by atoms with Gasteiger partial charge in [-0.2, -0.15) is 13.2 Å². The van der Waals surface area contributed by atoms with Crippen molar-refractivity contribution in [3.05, 3.63) is 22.4 Å². The first-order chi connectivity index (χ1) is 8.33. The monoisotopic (exact) mass is 328 g/mol. The smallest absolute Gasteiger partial charge is 0.342 e. The number of carbonyl (C=O) groups excluding carboxylic acids is 1. The highest BCUT2D eigenvalue weighted by molar-refractivity contribution is 9.10. The number of amides is 1. The Morgan fingerprint density at radius 2 is 2.22 bits per heavy atom. The average Bonchev–Trinajstić information content (AvgIpc) is 2.58. The lowest BCUT2D eigenvalue weighted by Crippen LogP contribution is -2.30. The molecule has 1 rings (SSSR count). The van der Waals surface area contributed by atoms with Crippen LogP contribution >= 0.6 is 15.9 Å². The van der Waals surface area contributed by atoms with Gasteiger partial charge in [0.2, 0.25) is 0 Å². The number of hydrogen-bond acceptors (Lipinski definition) is 2. The van der Waals surface area contributed by atoms with Crippen LogP contribution in [0.2, 0.25) is 0 Å². The summed E-state index contributed by atoms with van der Waals surface area (Å²) >= 11 is 3.20. The van der Waals surface area contributed by atoms with Crippen LogP contribution in [0.1, 0.15) is 23.8 Å². The number of nitrogens with zero attached hydrogens (tertiary/aromatic N) is 1. The van der Waals surface area contributed by atoms with Gasteiger partial charge in [-0.25, -0.2) is 5.48 Å². The van der Waals surface area contributed by atoms with Gasteiger partial charge in [-0.05, 0) is 28.4 Å². The van der Waals surface area contributed by atoms with Crippen molar-refractivity contribution >= 4 is 21.8 Å². The van der Waals surface area contributed by atoms with Gasteiger partial charge < -0.3 is 4.57 Å². The maximum absolute atomic E-state index is 11.8. The van der Waals surface area contributed by atoms with Crippen LogP contribution in [0.3, 0.4) is 0 Å². The predicted octanol–water partition coefficient (Wildman–Crippen LogP) is 2.88. The van der Waals surface area contributed by atoms with E-state index in [0.717, 1.165) is 6.42 Å². The van der Waals surface area contributed by atoms with Gasteiger partial charge >= 0.3 is 6.18 Å². The van der Waals surface area contributed by atoms with E-state index in [2.05, 4.69) is 20.8 Å². The molecule has 0 atom stereocenters. The van der Waals surface area contributed by atoms with Gasteiger partial charge in [-0.1, -0.05) is 6.92 Å². The second kappa shape index (κ2) is 6.24. The summed E-state index contributed by atoms with van der Waals surface area (Å²) in [5.74, 6) is -0.710. The molecule has 0 unspecified atom stereocenters. The molecule has 0 aliphatic heterocycles. The Morgan fingerprint density at radius 3 is 2.78 bits per heavy atom. The zero-order valence-corrected chi connectivity index (χ0v) is 11.1. The molecule has 0 radical (unpaired) electrons. The first-order valence-corrected chi connectivity index (χ1v) is 5.97. The minimum atomic E-state index is -4.47. The fraction of sp³-hybridized carbons (Fsp3) is 0.500. The summed E-state index contributed by atoms with van der Waals surface area (Å²) in [7, 11) is 0. The van der Waals surface area contributed by atoms with Crippen molar-refractivity contribution in [3.8, 4) is 0 Å². The highest BCUT2D eigenvalue weighted by Gasteiger charge is 2.28. The van der Waals surface area contributed by atoms with E-state index in [4.69, 9.17) is 0 Å². The van der Waals surface area contributed by atoms with E-state index >= 15 is 0 Å². The molecule has 1 N–H and O–H groups in total. The second-order valence-electron chi connectivity index (χ2n) is 3.57. The maximum atomic E-state index is 11.8. The highest BCUT2D eigenvalue weighted by atomic mass is 79.9. The first-order valence-electron chi connectivity index (χ1n) is 5.18. The summed E-state index contributed by atoms with van der Waals surface area (Å²) in [5.41, 5.74) is 2.01. The Balaban J connectivity index is 2.61. The summed E-state index contributed by atoms with van der Waals surface area (Å²) < 4.78 is 37.8. The van der Waals surface area contributed by atoms with Gasteiger partial charge in [0.05, 0.1) is 0 Å². The Kier molecular flexibility index (Phi) is 5.21. The molecule has 8 heteroatoms. The molecule has 0 spiro atoms. The van der Waals surface area contributed by atoms with Crippen LogP contribution in [0, 0.1) is 0 Å². The van der Waals surface area contributed by atoms with E-state index in [1.807, 2.05) is 6.92 Å². The molecule has 1 heterocycles. The molecule has 0 bridgehead atoms. The van der Waals surface area contributed by atoms with Crippen molar-refractivity contribution in [1.82, 2.24) is 10.0 Å². The van der Waals surface area contributed by atoms with Crippen molar-refractivity contribution in [3.63, 3.8) is 0 Å². The maximum Gasteiger partial charge on any atom is 0.414 e. The van der Waals surface area contributed by atoms with E-state index in [1.54, 1.807) is 16.2 Å². The number of hydroxylamine groups is 1. The van der Waals surface area contributed by atoms with E-state index in [1.165, 1.54) is 6.07 Å². The SMILES string of the molecule is CCCn1cc(Br)cc1C(=O)NOCC(F)(F)F. The van der Waals surface area contributed by atoms with E-state index in [-0.39, 0.29) is 5.69 Å². The van der Waals surface area contributed by atoms with Crippen LogP contribution in [0.25, 0.3) is 0 Å². The lowest BCUT2D eigenvalue weighted by atomic mass is 10.4. The number of rotatable bonds is 5. The molecule has 0 fully saturated rings. The van der Waals surface area contributed by atoms with Crippen LogP contribution in [0.4, 0.5) is 13.2 Å². The van der Waals surface area contributed by atoms with E-state index < -0.39 is 18.7 Å². The Morgan fingerprint density at radius 1 is 1.56 bits per heavy atom. The number of carbonyl (C=O) groups is 1. The summed E-state index contributed by atoms with van der Waals surface area (Å²) in [5, 5.41) is 0. The van der Waals surface area contributed by atoms with Gasteiger partial charge in [0.25, 0.3) is 5.91 Å². The molecule has 18 heavy (non-hydrogen) atoms. The normalized spacial score (nSPS) is 11.6. The van der Waals surface area contributed by atoms with Crippen LogP contribution in [-0.2, 0) is 11.4 Å². The fourth-order valence-electron chi connectivity index (χ4n) is 1.33. The van der Waals surface area contributed by atoms with Crippen LogP contribution in [-0.4, -0.2) is 23.3 Å². The topological polar surface area (TPSA) is 43.3 Å². The minimum Gasteiger partial charge on any atom is -0.342 e. The number of hydrogen-bond donors (Lipinski definition) is 1. The van der Waals surface area contributed by atoms with Crippen molar-refractivity contribution in [2.45, 2.75) is 26.1 Å². The Hall–Kier alpha value is -1.02. The van der Waals surface area contributed by atoms with Crippen molar-refractivity contribution < 1.29 is 22.8 Å². The molecule has 0 aliphatic rings. The average molecular weight is 329 g/mol. The largest absolute Gasteiger partial charge is 0.414 e. The third kappa shape index (κ3) is 4.69. The number of halogens is 4. The number of aromatic nitrogens is 1.